The van der Waals surface area contributed by atoms with Crippen molar-refractivity contribution in [2.75, 3.05) is 13.7 Å². The van der Waals surface area contributed by atoms with E-state index in [4.69, 9.17) is 21.1 Å². The van der Waals surface area contributed by atoms with E-state index in [0.29, 0.717) is 18.4 Å². The van der Waals surface area contributed by atoms with Gasteiger partial charge in [0.25, 0.3) is 0 Å². The average Bonchev–Trinajstić information content (AvgIpc) is 2.28. The summed E-state index contributed by atoms with van der Waals surface area (Å²) in [6.07, 6.45) is 2.11. The molecule has 0 fully saturated rings. The van der Waals surface area contributed by atoms with Crippen LogP contribution in [0.15, 0.2) is 6.07 Å². The normalized spacial score (nSPS) is 10.2. The number of ether oxygens (including phenoxy) is 2. The maximum atomic E-state index is 5.88. The summed E-state index contributed by atoms with van der Waals surface area (Å²) in [5.74, 6) is 1.69. The average molecular weight is 244 g/mol. The number of rotatable bonds is 6. The largest absolute Gasteiger partial charge is 0.496 e. The first kappa shape index (κ1) is 13.1. The number of halogens is 1. The van der Waals surface area contributed by atoms with E-state index in [1.54, 1.807) is 7.11 Å². The quantitative estimate of drug-likeness (QED) is 0.567. The fourth-order valence-corrected chi connectivity index (χ4v) is 1.63. The van der Waals surface area contributed by atoms with Crippen LogP contribution in [0.1, 0.15) is 31.0 Å². The van der Waals surface area contributed by atoms with Gasteiger partial charge in [0.1, 0.15) is 5.75 Å². The predicted octanol–water partition coefficient (Wildman–Crippen LogP) is 3.32. The van der Waals surface area contributed by atoms with Gasteiger partial charge < -0.3 is 9.47 Å². The highest BCUT2D eigenvalue weighted by Gasteiger charge is 2.12. The van der Waals surface area contributed by atoms with E-state index in [9.17, 15) is 0 Å². The van der Waals surface area contributed by atoms with Gasteiger partial charge in [-0.1, -0.05) is 13.3 Å². The van der Waals surface area contributed by atoms with Crippen molar-refractivity contribution in [3.05, 3.63) is 17.3 Å². The Morgan fingerprint density at radius 2 is 2.19 bits per heavy atom. The lowest BCUT2D eigenvalue weighted by atomic mass is 10.2. The molecule has 0 aliphatic carbocycles. The van der Waals surface area contributed by atoms with E-state index < -0.39 is 0 Å². The Hall–Kier alpha value is -0.960. The SMILES string of the molecule is CCCCOc1nc(C)cc(OC)c1CCl. The summed E-state index contributed by atoms with van der Waals surface area (Å²) in [5, 5.41) is 0. The first-order valence-electron chi connectivity index (χ1n) is 5.46. The standard InChI is InChI=1S/C12H18ClNO2/c1-4-5-6-16-12-10(8-13)11(15-3)7-9(2)14-12/h7H,4-6,8H2,1-3H3. The van der Waals surface area contributed by atoms with Crippen molar-refractivity contribution in [3.8, 4) is 11.6 Å². The minimum atomic E-state index is 0.345. The monoisotopic (exact) mass is 243 g/mol. The highest BCUT2D eigenvalue weighted by molar-refractivity contribution is 6.17. The molecule has 0 unspecified atom stereocenters. The third kappa shape index (κ3) is 3.27. The molecule has 90 valence electrons. The second-order valence-corrected chi connectivity index (χ2v) is 3.85. The lowest BCUT2D eigenvalue weighted by Crippen LogP contribution is -2.04. The molecule has 0 atom stereocenters. The van der Waals surface area contributed by atoms with Gasteiger partial charge in [0, 0.05) is 11.8 Å². The molecule has 0 bridgehead atoms. The lowest BCUT2D eigenvalue weighted by Gasteiger charge is -2.13. The number of aryl methyl sites for hydroxylation is 1. The number of hydrogen-bond donors (Lipinski definition) is 0. The predicted molar refractivity (Wildman–Crippen MR) is 65.5 cm³/mol. The van der Waals surface area contributed by atoms with E-state index >= 15 is 0 Å². The van der Waals surface area contributed by atoms with Gasteiger partial charge in [0.2, 0.25) is 5.88 Å². The van der Waals surface area contributed by atoms with Crippen LogP contribution < -0.4 is 9.47 Å². The van der Waals surface area contributed by atoms with E-state index in [2.05, 4.69) is 11.9 Å². The van der Waals surface area contributed by atoms with Crippen LogP contribution in [0.2, 0.25) is 0 Å². The van der Waals surface area contributed by atoms with E-state index in [0.717, 1.165) is 29.8 Å². The smallest absolute Gasteiger partial charge is 0.221 e. The van der Waals surface area contributed by atoms with Gasteiger partial charge in [-0.2, -0.15) is 0 Å². The molecule has 0 amide bonds. The molecule has 1 heterocycles. The molecule has 1 aromatic heterocycles. The molecule has 0 aliphatic rings. The molecular formula is C12H18ClNO2. The number of nitrogens with zero attached hydrogens (tertiary/aromatic N) is 1. The molecule has 0 N–H and O–H groups in total. The number of aromatic nitrogens is 1. The fourth-order valence-electron chi connectivity index (χ4n) is 1.38. The summed E-state index contributed by atoms with van der Waals surface area (Å²) >= 11 is 5.88. The summed E-state index contributed by atoms with van der Waals surface area (Å²) in [7, 11) is 1.63. The van der Waals surface area contributed by atoms with Crippen molar-refractivity contribution in [2.24, 2.45) is 0 Å². The van der Waals surface area contributed by atoms with Crippen LogP contribution in [0.5, 0.6) is 11.6 Å². The Balaban J connectivity index is 2.91. The summed E-state index contributed by atoms with van der Waals surface area (Å²) in [6.45, 7) is 4.70. The minimum Gasteiger partial charge on any atom is -0.496 e. The van der Waals surface area contributed by atoms with Crippen LogP contribution in [-0.2, 0) is 5.88 Å². The van der Waals surface area contributed by atoms with Crippen LogP contribution in [0.4, 0.5) is 0 Å². The fraction of sp³-hybridized carbons (Fsp3) is 0.583. The van der Waals surface area contributed by atoms with Gasteiger partial charge in [0.05, 0.1) is 25.2 Å². The Labute approximate surface area is 102 Å². The second kappa shape index (κ2) is 6.59. The van der Waals surface area contributed by atoms with E-state index in [1.165, 1.54) is 0 Å². The van der Waals surface area contributed by atoms with Gasteiger partial charge in [-0.25, -0.2) is 4.98 Å². The third-order valence-electron chi connectivity index (χ3n) is 2.26. The summed E-state index contributed by atoms with van der Waals surface area (Å²) < 4.78 is 10.9. The third-order valence-corrected chi connectivity index (χ3v) is 2.53. The maximum absolute atomic E-state index is 5.88. The molecule has 0 saturated heterocycles. The Morgan fingerprint density at radius 1 is 1.44 bits per heavy atom. The van der Waals surface area contributed by atoms with Crippen molar-refractivity contribution in [1.29, 1.82) is 0 Å². The molecule has 0 saturated carbocycles. The molecule has 1 aromatic rings. The molecule has 4 heteroatoms. The summed E-state index contributed by atoms with van der Waals surface area (Å²) in [4.78, 5) is 4.34. The zero-order valence-corrected chi connectivity index (χ0v) is 10.8. The van der Waals surface area contributed by atoms with E-state index in [1.807, 2.05) is 13.0 Å². The first-order valence-corrected chi connectivity index (χ1v) is 5.99. The van der Waals surface area contributed by atoms with Gasteiger partial charge in [-0.05, 0) is 13.3 Å². The number of unbranched alkanes of at least 4 members (excludes halogenated alkanes) is 1. The summed E-state index contributed by atoms with van der Waals surface area (Å²) in [5.41, 5.74) is 1.70. The molecule has 0 aromatic carbocycles. The van der Waals surface area contributed by atoms with Gasteiger partial charge >= 0.3 is 0 Å². The number of methoxy groups -OCH3 is 1. The maximum Gasteiger partial charge on any atom is 0.221 e. The minimum absolute atomic E-state index is 0.345. The topological polar surface area (TPSA) is 31.4 Å². The van der Waals surface area contributed by atoms with Crippen molar-refractivity contribution in [3.63, 3.8) is 0 Å². The van der Waals surface area contributed by atoms with Gasteiger partial charge in [-0.15, -0.1) is 11.6 Å². The molecule has 0 aliphatic heterocycles. The van der Waals surface area contributed by atoms with Crippen molar-refractivity contribution in [1.82, 2.24) is 4.98 Å². The van der Waals surface area contributed by atoms with Crippen LogP contribution in [0, 0.1) is 6.92 Å². The van der Waals surface area contributed by atoms with Crippen LogP contribution >= 0.6 is 11.6 Å². The number of pyridine rings is 1. The zero-order chi connectivity index (χ0) is 12.0. The molecular weight excluding hydrogens is 226 g/mol. The van der Waals surface area contributed by atoms with Crippen LogP contribution in [-0.4, -0.2) is 18.7 Å². The number of alkyl halides is 1. The van der Waals surface area contributed by atoms with Gasteiger partial charge in [-0.3, -0.25) is 0 Å². The molecule has 16 heavy (non-hydrogen) atoms. The molecule has 3 nitrogen and oxygen atoms in total. The first-order chi connectivity index (χ1) is 7.72. The Kier molecular flexibility index (Phi) is 5.39. The lowest BCUT2D eigenvalue weighted by molar-refractivity contribution is 0.291. The van der Waals surface area contributed by atoms with Crippen LogP contribution in [0.25, 0.3) is 0 Å². The van der Waals surface area contributed by atoms with E-state index in [-0.39, 0.29) is 0 Å². The van der Waals surface area contributed by atoms with Gasteiger partial charge in [0.15, 0.2) is 0 Å². The highest BCUT2D eigenvalue weighted by Crippen LogP contribution is 2.29. The Bertz CT molecular complexity index is 342. The van der Waals surface area contributed by atoms with Crippen LogP contribution in [0.3, 0.4) is 0 Å². The number of hydrogen-bond acceptors (Lipinski definition) is 3. The second-order valence-electron chi connectivity index (χ2n) is 3.59. The molecule has 1 rings (SSSR count). The zero-order valence-electron chi connectivity index (χ0n) is 10.0. The van der Waals surface area contributed by atoms with Crippen molar-refractivity contribution >= 4 is 11.6 Å². The highest BCUT2D eigenvalue weighted by atomic mass is 35.5. The summed E-state index contributed by atoms with van der Waals surface area (Å²) in [6, 6.07) is 1.87. The molecule has 0 spiro atoms. The van der Waals surface area contributed by atoms with Crippen molar-refractivity contribution in [2.45, 2.75) is 32.6 Å². The molecule has 0 radical (unpaired) electrons. The van der Waals surface area contributed by atoms with Crippen molar-refractivity contribution < 1.29 is 9.47 Å². The Morgan fingerprint density at radius 3 is 2.75 bits per heavy atom.